The van der Waals surface area contributed by atoms with E-state index >= 15 is 0 Å². The van der Waals surface area contributed by atoms with Gasteiger partial charge in [-0.1, -0.05) is 34.8 Å². The highest BCUT2D eigenvalue weighted by Crippen LogP contribution is 2.38. The van der Waals surface area contributed by atoms with Crippen LogP contribution in [0.25, 0.3) is 0 Å². The van der Waals surface area contributed by atoms with Gasteiger partial charge < -0.3 is 10.1 Å². The van der Waals surface area contributed by atoms with Crippen LogP contribution in [0.3, 0.4) is 0 Å². The van der Waals surface area contributed by atoms with Crippen LogP contribution in [0.5, 0.6) is 0 Å². The van der Waals surface area contributed by atoms with Crippen LogP contribution in [0.2, 0.25) is 15.1 Å². The minimum Gasteiger partial charge on any atom is -0.454 e. The molecular weight excluding hydrogens is 276 g/mol. The lowest BCUT2D eigenvalue weighted by Crippen LogP contribution is -2.22. The number of rotatable bonds is 0. The Hall–Kier alpha value is -0.970. The van der Waals surface area contributed by atoms with Crippen molar-refractivity contribution in [2.45, 2.75) is 6.61 Å². The van der Waals surface area contributed by atoms with Crippen molar-refractivity contribution in [3.63, 3.8) is 0 Å². The van der Waals surface area contributed by atoms with Gasteiger partial charge in [-0.05, 0) is 6.07 Å². The van der Waals surface area contributed by atoms with Crippen LogP contribution in [-0.2, 0) is 20.9 Å². The first kappa shape index (κ1) is 11.5. The number of nitrogens with one attached hydrogen (secondary N) is 1. The standard InChI is InChI=1S/C9H4Cl3NO3/c10-4-1-5-3(6(11)7(4)12)2-16-9(15)8(14)13-5/h1H,2H2,(H,13,14). The third-order valence-corrected chi connectivity index (χ3v) is 3.35. The molecule has 0 spiro atoms. The molecule has 0 aromatic heterocycles. The Morgan fingerprint density at radius 1 is 1.19 bits per heavy atom. The number of esters is 1. The van der Waals surface area contributed by atoms with Gasteiger partial charge in [-0.2, -0.15) is 0 Å². The van der Waals surface area contributed by atoms with E-state index in [0.717, 1.165) is 0 Å². The Morgan fingerprint density at radius 2 is 1.88 bits per heavy atom. The number of benzene rings is 1. The molecule has 1 N–H and O–H groups in total. The molecule has 0 bridgehead atoms. The summed E-state index contributed by atoms with van der Waals surface area (Å²) in [6.45, 7) is -0.122. The summed E-state index contributed by atoms with van der Waals surface area (Å²) >= 11 is 17.5. The highest BCUT2D eigenvalue weighted by atomic mass is 35.5. The Labute approximate surface area is 105 Å². The molecule has 0 saturated carbocycles. The fraction of sp³-hybridized carbons (Fsp3) is 0.111. The molecule has 1 amide bonds. The van der Waals surface area contributed by atoms with Gasteiger partial charge in [0.05, 0.1) is 20.8 Å². The van der Waals surface area contributed by atoms with E-state index in [0.29, 0.717) is 11.3 Å². The summed E-state index contributed by atoms with van der Waals surface area (Å²) in [7, 11) is 0. The second-order valence-corrected chi connectivity index (χ2v) is 4.21. The van der Waals surface area contributed by atoms with Gasteiger partial charge in [0.15, 0.2) is 0 Å². The van der Waals surface area contributed by atoms with Gasteiger partial charge in [0.1, 0.15) is 6.61 Å². The van der Waals surface area contributed by atoms with Crippen LogP contribution >= 0.6 is 34.8 Å². The Morgan fingerprint density at radius 3 is 2.56 bits per heavy atom. The average molecular weight is 280 g/mol. The van der Waals surface area contributed by atoms with Gasteiger partial charge in [0, 0.05) is 5.56 Å². The Bertz CT molecular complexity index is 501. The zero-order valence-electron chi connectivity index (χ0n) is 7.64. The second kappa shape index (κ2) is 4.13. The first-order valence-corrected chi connectivity index (χ1v) is 5.28. The van der Waals surface area contributed by atoms with Gasteiger partial charge >= 0.3 is 11.9 Å². The number of halogens is 3. The molecule has 0 radical (unpaired) electrons. The number of anilines is 1. The number of carbonyl (C=O) groups excluding carboxylic acids is 2. The van der Waals surface area contributed by atoms with E-state index in [-0.39, 0.29) is 21.7 Å². The van der Waals surface area contributed by atoms with Gasteiger partial charge in [0.25, 0.3) is 0 Å². The number of hydrogen-bond donors (Lipinski definition) is 1. The molecule has 4 nitrogen and oxygen atoms in total. The SMILES string of the molecule is O=C1Nc2cc(Cl)c(Cl)c(Cl)c2COC1=O. The van der Waals surface area contributed by atoms with Crippen molar-refractivity contribution in [2.75, 3.05) is 5.32 Å². The summed E-state index contributed by atoms with van der Waals surface area (Å²) in [4.78, 5) is 22.2. The number of hydrogen-bond acceptors (Lipinski definition) is 3. The molecule has 7 heteroatoms. The summed E-state index contributed by atoms with van der Waals surface area (Å²) in [6.07, 6.45) is 0. The first-order chi connectivity index (χ1) is 7.50. The maximum atomic E-state index is 11.2. The van der Waals surface area contributed by atoms with Crippen LogP contribution in [0, 0.1) is 0 Å². The largest absolute Gasteiger partial charge is 0.454 e. The summed E-state index contributed by atoms with van der Waals surface area (Å²) in [5.74, 6) is -1.84. The van der Waals surface area contributed by atoms with Crippen LogP contribution in [0.1, 0.15) is 5.56 Å². The van der Waals surface area contributed by atoms with E-state index in [4.69, 9.17) is 34.8 Å². The molecule has 0 saturated heterocycles. The summed E-state index contributed by atoms with van der Waals surface area (Å²) in [5.41, 5.74) is 0.755. The van der Waals surface area contributed by atoms with Crippen LogP contribution in [0.4, 0.5) is 5.69 Å². The highest BCUT2D eigenvalue weighted by molar-refractivity contribution is 6.49. The zero-order chi connectivity index (χ0) is 11.9. The molecule has 0 fully saturated rings. The van der Waals surface area contributed by atoms with Crippen molar-refractivity contribution in [3.05, 3.63) is 26.7 Å². The van der Waals surface area contributed by atoms with Gasteiger partial charge in [-0.25, -0.2) is 4.79 Å². The highest BCUT2D eigenvalue weighted by Gasteiger charge is 2.25. The zero-order valence-corrected chi connectivity index (χ0v) is 9.91. The monoisotopic (exact) mass is 279 g/mol. The van der Waals surface area contributed by atoms with E-state index in [1.807, 2.05) is 0 Å². The normalized spacial score (nSPS) is 14.9. The smallest absolute Gasteiger partial charge is 0.397 e. The first-order valence-electron chi connectivity index (χ1n) is 4.15. The van der Waals surface area contributed by atoms with Crippen LogP contribution in [-0.4, -0.2) is 11.9 Å². The lowest BCUT2D eigenvalue weighted by atomic mass is 10.2. The van der Waals surface area contributed by atoms with Crippen molar-refractivity contribution < 1.29 is 14.3 Å². The topological polar surface area (TPSA) is 55.4 Å². The molecule has 1 aliphatic rings. The van der Waals surface area contributed by atoms with Gasteiger partial charge in [0.2, 0.25) is 0 Å². The van der Waals surface area contributed by atoms with E-state index in [1.165, 1.54) is 6.07 Å². The molecule has 1 aliphatic heterocycles. The second-order valence-electron chi connectivity index (χ2n) is 3.04. The van der Waals surface area contributed by atoms with Crippen LogP contribution in [0.15, 0.2) is 6.07 Å². The molecule has 16 heavy (non-hydrogen) atoms. The number of amides is 1. The lowest BCUT2D eigenvalue weighted by molar-refractivity contribution is -0.153. The molecule has 0 unspecified atom stereocenters. The van der Waals surface area contributed by atoms with Gasteiger partial charge in [-0.15, -0.1) is 0 Å². The predicted octanol–water partition coefficient (Wildman–Crippen LogP) is 2.64. The molecule has 0 aliphatic carbocycles. The summed E-state index contributed by atoms with van der Waals surface area (Å²) < 4.78 is 4.68. The number of carbonyl (C=O) groups is 2. The lowest BCUT2D eigenvalue weighted by Gasteiger charge is -2.09. The molecular formula is C9H4Cl3NO3. The molecule has 0 atom stereocenters. The van der Waals surface area contributed by atoms with Crippen molar-refractivity contribution in [1.82, 2.24) is 0 Å². The maximum Gasteiger partial charge on any atom is 0.397 e. The minimum atomic E-state index is -0.973. The van der Waals surface area contributed by atoms with E-state index in [9.17, 15) is 9.59 Å². The van der Waals surface area contributed by atoms with Gasteiger partial charge in [-0.3, -0.25) is 4.79 Å². The fourth-order valence-corrected chi connectivity index (χ4v) is 1.94. The van der Waals surface area contributed by atoms with Crippen molar-refractivity contribution in [1.29, 1.82) is 0 Å². The fourth-order valence-electron chi connectivity index (χ4n) is 1.26. The maximum absolute atomic E-state index is 11.2. The molecule has 1 heterocycles. The van der Waals surface area contributed by atoms with E-state index < -0.39 is 11.9 Å². The third kappa shape index (κ3) is 1.84. The van der Waals surface area contributed by atoms with Crippen molar-refractivity contribution in [2.24, 2.45) is 0 Å². The third-order valence-electron chi connectivity index (χ3n) is 2.04. The Balaban J connectivity index is 2.58. The minimum absolute atomic E-state index is 0.122. The summed E-state index contributed by atoms with van der Waals surface area (Å²) in [5, 5.41) is 2.86. The number of fused-ring (bicyclic) bond motifs is 1. The van der Waals surface area contributed by atoms with E-state index in [2.05, 4.69) is 10.1 Å². The van der Waals surface area contributed by atoms with E-state index in [1.54, 1.807) is 0 Å². The van der Waals surface area contributed by atoms with Crippen LogP contribution < -0.4 is 5.32 Å². The van der Waals surface area contributed by atoms with Crippen molar-refractivity contribution >= 4 is 52.4 Å². The Kier molecular flexibility index (Phi) is 2.97. The number of cyclic esters (lactones) is 1. The van der Waals surface area contributed by atoms with Crippen molar-refractivity contribution in [3.8, 4) is 0 Å². The molecule has 84 valence electrons. The number of ether oxygens (including phenoxy) is 1. The quantitative estimate of drug-likeness (QED) is 0.451. The molecule has 1 aromatic carbocycles. The molecule has 2 rings (SSSR count). The average Bonchev–Trinajstić information content (AvgIpc) is 2.37. The summed E-state index contributed by atoms with van der Waals surface area (Å²) in [6, 6.07) is 1.42. The predicted molar refractivity (Wildman–Crippen MR) is 59.9 cm³/mol. The molecule has 1 aromatic rings.